The molecule has 1 aromatic carbocycles. The molecule has 3 heterocycles. The second-order valence-electron chi connectivity index (χ2n) is 8.87. The zero-order valence-corrected chi connectivity index (χ0v) is 19.8. The van der Waals surface area contributed by atoms with Gasteiger partial charge in [0.15, 0.2) is 0 Å². The molecule has 2 saturated heterocycles. The lowest BCUT2D eigenvalue weighted by Gasteiger charge is -2.25. The summed E-state index contributed by atoms with van der Waals surface area (Å²) in [6.45, 7) is 5.76. The number of carbonyl (C=O) groups excluding carboxylic acids is 3. The number of ether oxygens (including phenoxy) is 1. The topological polar surface area (TPSA) is 88.0 Å². The van der Waals surface area contributed by atoms with Crippen LogP contribution in [-0.4, -0.2) is 87.6 Å². The van der Waals surface area contributed by atoms with Crippen molar-refractivity contribution in [1.82, 2.24) is 24.5 Å². The standard InChI is InChI=1S/C25H33N5O4/c1-2-30-15-21(14-26-30)25(33)29-17-22(34-19-20-8-4-3-5-9-20)16-28(24(32)18-29)13-7-12-27-11-6-10-23(27)31/h3-5,8-9,14-15,22H,2,6-7,10-13,16-19H2,1H3/t22-/m1/s1. The third-order valence-corrected chi connectivity index (χ3v) is 6.37. The van der Waals surface area contributed by atoms with Crippen LogP contribution in [0, 0.1) is 0 Å². The molecule has 9 heteroatoms. The summed E-state index contributed by atoms with van der Waals surface area (Å²) in [5.74, 6) is -0.128. The third-order valence-electron chi connectivity index (χ3n) is 6.37. The van der Waals surface area contributed by atoms with Gasteiger partial charge in [0.2, 0.25) is 11.8 Å². The van der Waals surface area contributed by atoms with Crippen molar-refractivity contribution >= 4 is 17.7 Å². The number of hydrogen-bond donors (Lipinski definition) is 0. The zero-order chi connectivity index (χ0) is 23.9. The summed E-state index contributed by atoms with van der Waals surface area (Å²) >= 11 is 0. The quantitative estimate of drug-likeness (QED) is 0.561. The molecule has 0 saturated carbocycles. The molecule has 9 nitrogen and oxygen atoms in total. The van der Waals surface area contributed by atoms with Gasteiger partial charge in [-0.3, -0.25) is 19.1 Å². The molecule has 0 radical (unpaired) electrons. The highest BCUT2D eigenvalue weighted by molar-refractivity contribution is 5.96. The van der Waals surface area contributed by atoms with Crippen LogP contribution in [-0.2, 0) is 27.5 Å². The van der Waals surface area contributed by atoms with E-state index in [1.165, 1.54) is 0 Å². The Balaban J connectivity index is 1.43. The maximum absolute atomic E-state index is 13.2. The predicted octanol–water partition coefficient (Wildman–Crippen LogP) is 1.79. The Kier molecular flexibility index (Phi) is 7.95. The Morgan fingerprint density at radius 3 is 2.59 bits per heavy atom. The lowest BCUT2D eigenvalue weighted by Crippen LogP contribution is -2.40. The number of likely N-dealkylation sites (tertiary alicyclic amines) is 1. The summed E-state index contributed by atoms with van der Waals surface area (Å²) in [4.78, 5) is 43.4. The Labute approximate surface area is 200 Å². The first-order chi connectivity index (χ1) is 16.5. The predicted molar refractivity (Wildman–Crippen MR) is 126 cm³/mol. The van der Waals surface area contributed by atoms with Crippen molar-refractivity contribution in [3.05, 3.63) is 53.9 Å². The summed E-state index contributed by atoms with van der Waals surface area (Å²) in [5, 5.41) is 4.20. The van der Waals surface area contributed by atoms with Crippen LogP contribution in [0.2, 0.25) is 0 Å². The highest BCUT2D eigenvalue weighted by Crippen LogP contribution is 2.16. The SMILES string of the molecule is CCn1cc(C(=O)N2CC(=O)N(CCCN3CCCC3=O)C[C@@H](OCc3ccccc3)C2)cn1. The van der Waals surface area contributed by atoms with Crippen LogP contribution in [0.5, 0.6) is 0 Å². The number of aryl methyl sites for hydroxylation is 1. The molecule has 0 aliphatic carbocycles. The second-order valence-corrected chi connectivity index (χ2v) is 8.87. The molecule has 182 valence electrons. The molecule has 0 N–H and O–H groups in total. The molecule has 1 atom stereocenters. The summed E-state index contributed by atoms with van der Waals surface area (Å²) in [6, 6.07) is 9.87. The molecule has 1 aromatic heterocycles. The fraction of sp³-hybridized carbons (Fsp3) is 0.520. The van der Waals surface area contributed by atoms with Crippen LogP contribution in [0.1, 0.15) is 42.1 Å². The molecule has 2 aromatic rings. The average Bonchev–Trinajstić information content (AvgIpc) is 3.46. The summed E-state index contributed by atoms with van der Waals surface area (Å²) in [5.41, 5.74) is 1.51. The fourth-order valence-electron chi connectivity index (χ4n) is 4.47. The van der Waals surface area contributed by atoms with Crippen molar-refractivity contribution in [2.45, 2.75) is 45.4 Å². The highest BCUT2D eigenvalue weighted by Gasteiger charge is 2.32. The summed E-state index contributed by atoms with van der Waals surface area (Å²) < 4.78 is 7.89. The van der Waals surface area contributed by atoms with Gasteiger partial charge < -0.3 is 19.4 Å². The molecular formula is C25H33N5O4. The summed E-state index contributed by atoms with van der Waals surface area (Å²) in [6.07, 6.45) is 5.17. The van der Waals surface area contributed by atoms with Gasteiger partial charge in [0.05, 0.1) is 24.5 Å². The first kappa shape index (κ1) is 23.9. The van der Waals surface area contributed by atoms with E-state index in [2.05, 4.69) is 5.10 Å². The van der Waals surface area contributed by atoms with Gasteiger partial charge in [-0.05, 0) is 25.3 Å². The van der Waals surface area contributed by atoms with E-state index >= 15 is 0 Å². The third kappa shape index (κ3) is 6.02. The number of aromatic nitrogens is 2. The first-order valence-electron chi connectivity index (χ1n) is 12.1. The molecule has 2 aliphatic rings. The second kappa shape index (κ2) is 11.3. The molecule has 4 rings (SSSR count). The summed E-state index contributed by atoms with van der Waals surface area (Å²) in [7, 11) is 0. The molecule has 0 spiro atoms. The number of rotatable bonds is 9. The zero-order valence-electron chi connectivity index (χ0n) is 19.8. The lowest BCUT2D eigenvalue weighted by molar-refractivity contribution is -0.131. The van der Waals surface area contributed by atoms with Crippen LogP contribution in [0.25, 0.3) is 0 Å². The molecule has 0 bridgehead atoms. The molecule has 0 unspecified atom stereocenters. The van der Waals surface area contributed by atoms with Crippen molar-refractivity contribution in [3.63, 3.8) is 0 Å². The lowest BCUT2D eigenvalue weighted by atomic mass is 10.2. The van der Waals surface area contributed by atoms with E-state index in [0.29, 0.717) is 57.7 Å². The highest BCUT2D eigenvalue weighted by atomic mass is 16.5. The van der Waals surface area contributed by atoms with Crippen molar-refractivity contribution in [3.8, 4) is 0 Å². The van der Waals surface area contributed by atoms with Gasteiger partial charge in [-0.1, -0.05) is 30.3 Å². The number of carbonyl (C=O) groups is 3. The van der Waals surface area contributed by atoms with Crippen molar-refractivity contribution in [2.24, 2.45) is 0 Å². The van der Waals surface area contributed by atoms with Crippen molar-refractivity contribution in [1.29, 1.82) is 0 Å². The minimum atomic E-state index is -0.315. The average molecular weight is 468 g/mol. The monoisotopic (exact) mass is 467 g/mol. The van der Waals surface area contributed by atoms with Gasteiger partial charge >= 0.3 is 0 Å². The van der Waals surface area contributed by atoms with Crippen LogP contribution in [0.3, 0.4) is 0 Å². The number of nitrogens with zero attached hydrogens (tertiary/aromatic N) is 5. The van der Waals surface area contributed by atoms with E-state index in [0.717, 1.165) is 18.5 Å². The van der Waals surface area contributed by atoms with Crippen LogP contribution in [0.15, 0.2) is 42.7 Å². The Hall–Kier alpha value is -3.20. The van der Waals surface area contributed by atoms with Gasteiger partial charge in [-0.25, -0.2) is 0 Å². The van der Waals surface area contributed by atoms with E-state index in [1.54, 1.807) is 26.9 Å². The largest absolute Gasteiger partial charge is 0.370 e. The first-order valence-corrected chi connectivity index (χ1v) is 12.1. The van der Waals surface area contributed by atoms with Crippen LogP contribution >= 0.6 is 0 Å². The normalized spacial score (nSPS) is 19.1. The Bertz CT molecular complexity index is 992. The molecule has 3 amide bonds. The van der Waals surface area contributed by atoms with E-state index in [9.17, 15) is 14.4 Å². The van der Waals surface area contributed by atoms with Gasteiger partial charge in [0.25, 0.3) is 5.91 Å². The maximum Gasteiger partial charge on any atom is 0.257 e. The fourth-order valence-corrected chi connectivity index (χ4v) is 4.47. The van der Waals surface area contributed by atoms with Gasteiger partial charge in [0.1, 0.15) is 6.54 Å². The molecular weight excluding hydrogens is 434 g/mol. The number of benzene rings is 1. The van der Waals surface area contributed by atoms with Gasteiger partial charge in [-0.15, -0.1) is 0 Å². The van der Waals surface area contributed by atoms with E-state index in [1.807, 2.05) is 42.2 Å². The van der Waals surface area contributed by atoms with Crippen molar-refractivity contribution < 1.29 is 19.1 Å². The molecule has 2 aliphatic heterocycles. The Morgan fingerprint density at radius 1 is 1.09 bits per heavy atom. The van der Waals surface area contributed by atoms with Gasteiger partial charge in [0, 0.05) is 51.9 Å². The minimum Gasteiger partial charge on any atom is -0.370 e. The van der Waals surface area contributed by atoms with Crippen LogP contribution in [0.4, 0.5) is 0 Å². The minimum absolute atomic E-state index is 0.00395. The van der Waals surface area contributed by atoms with E-state index in [4.69, 9.17) is 4.74 Å². The Morgan fingerprint density at radius 2 is 1.88 bits per heavy atom. The van der Waals surface area contributed by atoms with Crippen LogP contribution < -0.4 is 0 Å². The molecule has 34 heavy (non-hydrogen) atoms. The number of hydrogen-bond acceptors (Lipinski definition) is 5. The molecule has 2 fully saturated rings. The van der Waals surface area contributed by atoms with E-state index in [-0.39, 0.29) is 30.4 Å². The maximum atomic E-state index is 13.2. The van der Waals surface area contributed by atoms with E-state index < -0.39 is 0 Å². The smallest absolute Gasteiger partial charge is 0.257 e. The van der Waals surface area contributed by atoms with Gasteiger partial charge in [-0.2, -0.15) is 5.10 Å². The van der Waals surface area contributed by atoms with Crippen molar-refractivity contribution in [2.75, 3.05) is 39.3 Å². The number of amides is 3.